The van der Waals surface area contributed by atoms with Crippen LogP contribution in [0.5, 0.6) is 5.75 Å². The smallest absolute Gasteiger partial charge is 0.437 e. The summed E-state index contributed by atoms with van der Waals surface area (Å²) < 4.78 is 41.1. The van der Waals surface area contributed by atoms with Crippen LogP contribution >= 0.6 is 0 Å². The number of Topliss-reactive ketones (excluding diaryl/α,β-unsaturated/α-hetero) is 1. The number of carbonyl (C=O) groups excluding carboxylic acids is 2. The molecule has 0 aliphatic carbocycles. The summed E-state index contributed by atoms with van der Waals surface area (Å²) in [7, 11) is 0. The number of urea groups is 1. The molecule has 0 aromatic heterocycles. The van der Waals surface area contributed by atoms with Gasteiger partial charge in [0.25, 0.3) is 0 Å². The predicted octanol–water partition coefficient (Wildman–Crippen LogP) is 2.50. The lowest BCUT2D eigenvalue weighted by Crippen LogP contribution is -2.72. The Labute approximate surface area is 151 Å². The van der Waals surface area contributed by atoms with Crippen molar-refractivity contribution in [2.75, 3.05) is 0 Å². The SMILES string of the molecule is O=C1N[C@H](c2cccc(O)c2)[C@@H](C(=O)c2ccccc2)[C@@](O)(C(F)(F)F)N1. The Kier molecular flexibility index (Phi) is 4.56. The highest BCUT2D eigenvalue weighted by molar-refractivity contribution is 6.00. The van der Waals surface area contributed by atoms with Crippen LogP contribution in [0.4, 0.5) is 18.0 Å². The fraction of sp³-hybridized carbons (Fsp3) is 0.222. The van der Waals surface area contributed by atoms with Gasteiger partial charge in [0, 0.05) is 5.56 Å². The highest BCUT2D eigenvalue weighted by Gasteiger charge is 2.66. The number of alkyl halides is 3. The molecule has 1 saturated heterocycles. The summed E-state index contributed by atoms with van der Waals surface area (Å²) >= 11 is 0. The maximum absolute atomic E-state index is 13.7. The number of phenolic OH excluding ortho intramolecular Hbond substituents is 1. The number of halogens is 3. The van der Waals surface area contributed by atoms with Gasteiger partial charge in [0.15, 0.2) is 5.78 Å². The van der Waals surface area contributed by atoms with Crippen molar-refractivity contribution in [2.45, 2.75) is 17.9 Å². The highest BCUT2D eigenvalue weighted by atomic mass is 19.4. The number of benzene rings is 2. The number of hydrogen-bond donors (Lipinski definition) is 4. The monoisotopic (exact) mass is 380 g/mol. The molecule has 9 heteroatoms. The Morgan fingerprint density at radius 2 is 1.74 bits per heavy atom. The summed E-state index contributed by atoms with van der Waals surface area (Å²) in [5.41, 5.74) is -3.81. The molecular weight excluding hydrogens is 365 g/mol. The molecule has 0 unspecified atom stereocenters. The number of aliphatic hydroxyl groups is 1. The van der Waals surface area contributed by atoms with Crippen LogP contribution in [0.25, 0.3) is 0 Å². The summed E-state index contributed by atoms with van der Waals surface area (Å²) in [4.78, 5) is 24.8. The molecule has 4 N–H and O–H groups in total. The fourth-order valence-electron chi connectivity index (χ4n) is 3.12. The van der Waals surface area contributed by atoms with E-state index in [-0.39, 0.29) is 16.9 Å². The summed E-state index contributed by atoms with van der Waals surface area (Å²) in [6.45, 7) is 0. The molecule has 6 nitrogen and oxygen atoms in total. The van der Waals surface area contributed by atoms with Gasteiger partial charge in [-0.15, -0.1) is 0 Å². The minimum atomic E-state index is -5.32. The molecule has 142 valence electrons. The highest BCUT2D eigenvalue weighted by Crippen LogP contribution is 2.44. The van der Waals surface area contributed by atoms with Gasteiger partial charge < -0.3 is 20.8 Å². The van der Waals surface area contributed by atoms with E-state index in [4.69, 9.17) is 0 Å². The van der Waals surface area contributed by atoms with Crippen molar-refractivity contribution in [3.05, 3.63) is 65.7 Å². The largest absolute Gasteiger partial charge is 0.508 e. The van der Waals surface area contributed by atoms with Crippen molar-refractivity contribution >= 4 is 11.8 Å². The first-order valence-electron chi connectivity index (χ1n) is 7.89. The molecule has 3 rings (SSSR count). The minimum Gasteiger partial charge on any atom is -0.508 e. The van der Waals surface area contributed by atoms with Gasteiger partial charge in [-0.05, 0) is 17.7 Å². The number of hydrogen-bond acceptors (Lipinski definition) is 4. The molecule has 2 amide bonds. The number of ketones is 1. The maximum atomic E-state index is 13.7. The second kappa shape index (κ2) is 6.58. The van der Waals surface area contributed by atoms with Crippen molar-refractivity contribution in [3.63, 3.8) is 0 Å². The molecule has 1 heterocycles. The first-order chi connectivity index (χ1) is 12.6. The molecule has 0 radical (unpaired) electrons. The van der Waals surface area contributed by atoms with E-state index >= 15 is 0 Å². The zero-order valence-corrected chi connectivity index (χ0v) is 13.7. The Morgan fingerprint density at radius 3 is 2.33 bits per heavy atom. The van der Waals surface area contributed by atoms with Crippen LogP contribution in [-0.2, 0) is 0 Å². The van der Waals surface area contributed by atoms with Gasteiger partial charge in [0.05, 0.1) is 6.04 Å². The molecule has 27 heavy (non-hydrogen) atoms. The van der Waals surface area contributed by atoms with E-state index in [1.165, 1.54) is 47.8 Å². The van der Waals surface area contributed by atoms with E-state index in [0.717, 1.165) is 6.07 Å². The van der Waals surface area contributed by atoms with Crippen LogP contribution in [0, 0.1) is 5.92 Å². The van der Waals surface area contributed by atoms with Gasteiger partial charge >= 0.3 is 12.2 Å². The van der Waals surface area contributed by atoms with Crippen molar-refractivity contribution in [2.24, 2.45) is 5.92 Å². The molecule has 2 aromatic carbocycles. The van der Waals surface area contributed by atoms with Gasteiger partial charge in [0.1, 0.15) is 11.7 Å². The van der Waals surface area contributed by atoms with Crippen LogP contribution in [0.3, 0.4) is 0 Å². The average Bonchev–Trinajstić information content (AvgIpc) is 2.60. The quantitative estimate of drug-likeness (QED) is 0.615. The summed E-state index contributed by atoms with van der Waals surface area (Å²) in [5.74, 6) is -3.41. The van der Waals surface area contributed by atoms with Gasteiger partial charge in [0.2, 0.25) is 5.72 Å². The first-order valence-corrected chi connectivity index (χ1v) is 7.89. The van der Waals surface area contributed by atoms with Crippen molar-refractivity contribution in [1.29, 1.82) is 0 Å². The molecule has 0 saturated carbocycles. The lowest BCUT2D eigenvalue weighted by molar-refractivity contribution is -0.287. The molecule has 2 aromatic rings. The van der Waals surface area contributed by atoms with Gasteiger partial charge in [-0.25, -0.2) is 4.79 Å². The van der Waals surface area contributed by atoms with Crippen molar-refractivity contribution in [1.82, 2.24) is 10.6 Å². The Bertz CT molecular complexity index is 872. The standard InChI is InChI=1S/C18H15F3N2O4/c19-18(20,21)17(27)13(15(25)10-5-2-1-3-6-10)14(22-16(26)23-17)11-7-4-8-12(24)9-11/h1-9,13-14,24,27H,(H2,22,23,26)/t13-,14+,17+/m0/s1. The summed E-state index contributed by atoms with van der Waals surface area (Å²) in [5, 5.41) is 23.7. The topological polar surface area (TPSA) is 98.7 Å². The normalized spacial score (nSPS) is 25.4. The third kappa shape index (κ3) is 3.33. The van der Waals surface area contributed by atoms with Crippen molar-refractivity contribution in [3.8, 4) is 5.75 Å². The van der Waals surface area contributed by atoms with Crippen LogP contribution < -0.4 is 10.6 Å². The van der Waals surface area contributed by atoms with E-state index in [1.807, 2.05) is 0 Å². The number of aromatic hydroxyl groups is 1. The van der Waals surface area contributed by atoms with E-state index in [9.17, 15) is 33.0 Å². The lowest BCUT2D eigenvalue weighted by atomic mass is 9.77. The number of nitrogens with one attached hydrogen (secondary N) is 2. The summed E-state index contributed by atoms with van der Waals surface area (Å²) in [6, 6.07) is 9.45. The molecule has 1 aliphatic rings. The first kappa shape index (κ1) is 18.7. The second-order valence-corrected chi connectivity index (χ2v) is 6.14. The lowest BCUT2D eigenvalue weighted by Gasteiger charge is -2.45. The zero-order chi connectivity index (χ0) is 19.8. The third-order valence-corrected chi connectivity index (χ3v) is 4.38. The zero-order valence-electron chi connectivity index (χ0n) is 13.7. The Hall–Kier alpha value is -3.07. The van der Waals surface area contributed by atoms with Gasteiger partial charge in [-0.3, -0.25) is 4.79 Å². The number of carbonyl (C=O) groups is 2. The Balaban J connectivity index is 2.17. The molecule has 1 fully saturated rings. The second-order valence-electron chi connectivity index (χ2n) is 6.14. The van der Waals surface area contributed by atoms with Gasteiger partial charge in [-0.1, -0.05) is 42.5 Å². The van der Waals surface area contributed by atoms with E-state index in [2.05, 4.69) is 5.32 Å². The maximum Gasteiger partial charge on any atom is 0.437 e. The average molecular weight is 380 g/mol. The van der Waals surface area contributed by atoms with E-state index in [0.29, 0.717) is 0 Å². The number of rotatable bonds is 3. The minimum absolute atomic E-state index is 0.0433. The van der Waals surface area contributed by atoms with Gasteiger partial charge in [-0.2, -0.15) is 13.2 Å². The molecular formula is C18H15F3N2O4. The number of phenols is 1. The molecule has 0 bridgehead atoms. The van der Waals surface area contributed by atoms with Crippen LogP contribution in [0.1, 0.15) is 22.0 Å². The van der Waals surface area contributed by atoms with Crippen LogP contribution in [-0.4, -0.2) is 33.9 Å². The van der Waals surface area contributed by atoms with Crippen LogP contribution in [0.2, 0.25) is 0 Å². The fourth-order valence-corrected chi connectivity index (χ4v) is 3.12. The molecule has 0 spiro atoms. The van der Waals surface area contributed by atoms with E-state index < -0.39 is 35.7 Å². The van der Waals surface area contributed by atoms with E-state index in [1.54, 1.807) is 6.07 Å². The van der Waals surface area contributed by atoms with Crippen molar-refractivity contribution < 1.29 is 33.0 Å². The molecule has 1 aliphatic heterocycles. The predicted molar refractivity (Wildman–Crippen MR) is 87.8 cm³/mol. The Morgan fingerprint density at radius 1 is 1.07 bits per heavy atom. The number of amides is 2. The molecule has 3 atom stereocenters. The van der Waals surface area contributed by atoms with Crippen LogP contribution in [0.15, 0.2) is 54.6 Å². The third-order valence-electron chi connectivity index (χ3n) is 4.38. The summed E-state index contributed by atoms with van der Waals surface area (Å²) in [6.07, 6.45) is -5.32.